The van der Waals surface area contributed by atoms with Gasteiger partial charge in [0, 0.05) is 12.6 Å². The quantitative estimate of drug-likeness (QED) is 0.805. The van der Waals surface area contributed by atoms with E-state index in [1.807, 2.05) is 10.9 Å². The van der Waals surface area contributed by atoms with Crippen molar-refractivity contribution in [2.24, 2.45) is 5.92 Å². The third kappa shape index (κ3) is 1.70. The monoisotopic (exact) mass is 205 g/mol. The van der Waals surface area contributed by atoms with Gasteiger partial charge in [0.25, 0.3) is 0 Å². The Bertz CT molecular complexity index is 470. The summed E-state index contributed by atoms with van der Waals surface area (Å²) in [6, 6.07) is 1.64. The summed E-state index contributed by atoms with van der Waals surface area (Å²) in [5.74, 6) is 1.70. The highest BCUT2D eigenvalue weighted by molar-refractivity contribution is 5.53. The summed E-state index contributed by atoms with van der Waals surface area (Å²) in [7, 11) is 0. The van der Waals surface area contributed by atoms with E-state index < -0.39 is 0 Å². The summed E-state index contributed by atoms with van der Waals surface area (Å²) in [4.78, 5) is 0. The zero-order chi connectivity index (χ0) is 10.3. The molecule has 0 amide bonds. The van der Waals surface area contributed by atoms with Gasteiger partial charge in [-0.25, -0.2) is 0 Å². The van der Waals surface area contributed by atoms with Crippen LogP contribution in [0.15, 0.2) is 16.8 Å². The second-order valence-corrected chi connectivity index (χ2v) is 3.89. The minimum Gasteiger partial charge on any atom is -0.381 e. The van der Waals surface area contributed by atoms with Crippen LogP contribution < -0.4 is 5.73 Å². The van der Waals surface area contributed by atoms with E-state index in [1.165, 1.54) is 12.8 Å². The number of rotatable bonds is 3. The van der Waals surface area contributed by atoms with E-state index in [1.54, 1.807) is 6.07 Å². The highest BCUT2D eigenvalue weighted by Crippen LogP contribution is 2.30. The number of nitrogens with zero attached hydrogens (tertiary/aromatic N) is 4. The average molecular weight is 205 g/mol. The van der Waals surface area contributed by atoms with Crippen molar-refractivity contribution in [3.63, 3.8) is 0 Å². The first-order chi connectivity index (χ1) is 7.31. The fourth-order valence-electron chi connectivity index (χ4n) is 1.48. The average Bonchev–Trinajstić information content (AvgIpc) is 2.74. The molecule has 0 unspecified atom stereocenters. The summed E-state index contributed by atoms with van der Waals surface area (Å²) in [6.45, 7) is 0.941. The molecule has 15 heavy (non-hydrogen) atoms. The molecule has 78 valence electrons. The fourth-order valence-corrected chi connectivity index (χ4v) is 1.48. The summed E-state index contributed by atoms with van der Waals surface area (Å²) in [6.07, 6.45) is 4.45. The highest BCUT2D eigenvalue weighted by Gasteiger charge is 2.22. The molecule has 0 bridgehead atoms. The maximum atomic E-state index is 5.45. The molecule has 1 aliphatic rings. The number of nitrogen functional groups attached to an aromatic ring is 1. The van der Waals surface area contributed by atoms with Crippen molar-refractivity contribution in [3.05, 3.63) is 12.3 Å². The van der Waals surface area contributed by atoms with Gasteiger partial charge in [-0.15, -0.1) is 5.10 Å². The second kappa shape index (κ2) is 3.08. The maximum absolute atomic E-state index is 5.45. The Morgan fingerprint density at radius 2 is 2.40 bits per heavy atom. The number of nitrogens with two attached hydrogens (primary N) is 1. The van der Waals surface area contributed by atoms with Gasteiger partial charge < -0.3 is 10.3 Å². The van der Waals surface area contributed by atoms with Crippen molar-refractivity contribution in [1.29, 1.82) is 0 Å². The Labute approximate surface area is 86.0 Å². The zero-order valence-electron chi connectivity index (χ0n) is 8.13. The minimum absolute atomic E-state index is 0.363. The van der Waals surface area contributed by atoms with E-state index in [-0.39, 0.29) is 0 Å². The zero-order valence-corrected chi connectivity index (χ0v) is 8.13. The van der Waals surface area contributed by atoms with Gasteiger partial charge >= 0.3 is 0 Å². The Morgan fingerprint density at radius 1 is 1.53 bits per heavy atom. The van der Waals surface area contributed by atoms with Crippen LogP contribution >= 0.6 is 0 Å². The van der Waals surface area contributed by atoms with E-state index in [4.69, 9.17) is 10.3 Å². The number of aromatic nitrogens is 4. The molecule has 2 N–H and O–H groups in total. The van der Waals surface area contributed by atoms with Crippen LogP contribution in [-0.4, -0.2) is 20.2 Å². The van der Waals surface area contributed by atoms with E-state index in [0.717, 1.165) is 12.5 Å². The molecule has 0 aliphatic heterocycles. The van der Waals surface area contributed by atoms with Crippen molar-refractivity contribution < 1.29 is 4.52 Å². The fraction of sp³-hybridized carbons (Fsp3) is 0.444. The summed E-state index contributed by atoms with van der Waals surface area (Å²) in [5.41, 5.74) is 6.13. The van der Waals surface area contributed by atoms with Crippen LogP contribution in [0.2, 0.25) is 0 Å². The van der Waals surface area contributed by atoms with Gasteiger partial charge in [0.2, 0.25) is 0 Å². The topological polar surface area (TPSA) is 82.8 Å². The molecular formula is C9H11N5O. The molecule has 2 aromatic rings. The van der Waals surface area contributed by atoms with Gasteiger partial charge in [-0.1, -0.05) is 10.4 Å². The summed E-state index contributed by atoms with van der Waals surface area (Å²) < 4.78 is 6.83. The van der Waals surface area contributed by atoms with E-state index >= 15 is 0 Å². The predicted molar refractivity (Wildman–Crippen MR) is 52.7 cm³/mol. The molecule has 0 saturated heterocycles. The molecule has 6 heteroatoms. The first-order valence-electron chi connectivity index (χ1n) is 4.94. The molecule has 6 nitrogen and oxygen atoms in total. The van der Waals surface area contributed by atoms with Crippen LogP contribution in [0.4, 0.5) is 5.82 Å². The summed E-state index contributed by atoms with van der Waals surface area (Å²) >= 11 is 0. The lowest BCUT2D eigenvalue weighted by Gasteiger charge is -1.93. The minimum atomic E-state index is 0.363. The molecule has 1 fully saturated rings. The van der Waals surface area contributed by atoms with Crippen LogP contribution in [0.1, 0.15) is 12.8 Å². The van der Waals surface area contributed by atoms with Gasteiger partial charge in [0.05, 0.1) is 6.20 Å². The smallest absolute Gasteiger partial charge is 0.190 e. The standard InChI is InChI=1S/C9H11N5O/c10-9-3-8(15-12-9)7-5-14(13-11-7)4-6-1-2-6/h3,5-6H,1-2,4H2,(H2,10,12). The van der Waals surface area contributed by atoms with Crippen LogP contribution in [-0.2, 0) is 6.54 Å². The van der Waals surface area contributed by atoms with E-state index in [0.29, 0.717) is 17.3 Å². The third-order valence-electron chi connectivity index (χ3n) is 2.46. The molecule has 0 aromatic carbocycles. The normalized spacial score (nSPS) is 15.7. The van der Waals surface area contributed by atoms with E-state index in [9.17, 15) is 0 Å². The Kier molecular flexibility index (Phi) is 1.74. The molecule has 2 aromatic heterocycles. The molecule has 2 heterocycles. The van der Waals surface area contributed by atoms with Gasteiger partial charge in [-0.3, -0.25) is 4.68 Å². The number of hydrogen-bond donors (Lipinski definition) is 1. The molecule has 0 radical (unpaired) electrons. The first-order valence-corrected chi connectivity index (χ1v) is 4.94. The molecular weight excluding hydrogens is 194 g/mol. The highest BCUT2D eigenvalue weighted by atomic mass is 16.5. The third-order valence-corrected chi connectivity index (χ3v) is 2.46. The van der Waals surface area contributed by atoms with Crippen molar-refractivity contribution in [1.82, 2.24) is 20.2 Å². The van der Waals surface area contributed by atoms with E-state index in [2.05, 4.69) is 15.5 Å². The lowest BCUT2D eigenvalue weighted by Crippen LogP contribution is -1.99. The van der Waals surface area contributed by atoms with Crippen molar-refractivity contribution in [2.75, 3.05) is 5.73 Å². The van der Waals surface area contributed by atoms with Crippen molar-refractivity contribution in [2.45, 2.75) is 19.4 Å². The molecule has 0 atom stereocenters. The second-order valence-electron chi connectivity index (χ2n) is 3.89. The Morgan fingerprint density at radius 3 is 3.07 bits per heavy atom. The molecule has 1 saturated carbocycles. The Hall–Kier alpha value is -1.85. The van der Waals surface area contributed by atoms with Crippen LogP contribution in [0.5, 0.6) is 0 Å². The molecule has 3 rings (SSSR count). The van der Waals surface area contributed by atoms with Crippen molar-refractivity contribution >= 4 is 5.82 Å². The van der Waals surface area contributed by atoms with Crippen LogP contribution in [0, 0.1) is 5.92 Å². The summed E-state index contributed by atoms with van der Waals surface area (Å²) in [5, 5.41) is 11.6. The lowest BCUT2D eigenvalue weighted by molar-refractivity contribution is 0.434. The number of hydrogen-bond acceptors (Lipinski definition) is 5. The van der Waals surface area contributed by atoms with Gasteiger partial charge in [-0.2, -0.15) is 0 Å². The predicted octanol–water partition coefficient (Wildman–Crippen LogP) is 0.925. The first kappa shape index (κ1) is 8.46. The molecule has 0 spiro atoms. The van der Waals surface area contributed by atoms with Gasteiger partial charge in [0.1, 0.15) is 0 Å². The maximum Gasteiger partial charge on any atom is 0.190 e. The lowest BCUT2D eigenvalue weighted by atomic mass is 10.3. The van der Waals surface area contributed by atoms with Crippen LogP contribution in [0.25, 0.3) is 11.5 Å². The van der Waals surface area contributed by atoms with Crippen molar-refractivity contribution in [3.8, 4) is 11.5 Å². The van der Waals surface area contributed by atoms with Crippen LogP contribution in [0.3, 0.4) is 0 Å². The van der Waals surface area contributed by atoms with Gasteiger partial charge in [-0.05, 0) is 18.8 Å². The van der Waals surface area contributed by atoms with Gasteiger partial charge in [0.15, 0.2) is 17.3 Å². The molecule has 1 aliphatic carbocycles. The Balaban J connectivity index is 1.82. The SMILES string of the molecule is Nc1cc(-c2cn(CC3CC3)nn2)on1. The number of anilines is 1. The largest absolute Gasteiger partial charge is 0.381 e.